The lowest BCUT2D eigenvalue weighted by molar-refractivity contribution is -0.105. The molecule has 0 radical (unpaired) electrons. The number of aldehydes is 1. The van der Waals surface area contributed by atoms with Gasteiger partial charge in [0, 0.05) is 18.1 Å². The first-order chi connectivity index (χ1) is 6.95. The van der Waals surface area contributed by atoms with E-state index in [-0.39, 0.29) is 6.61 Å². The smallest absolute Gasteiger partial charge is 0.407 e. The molecule has 0 aromatic rings. The highest BCUT2D eigenvalue weighted by molar-refractivity contribution is 7.99. The zero-order valence-electron chi connectivity index (χ0n) is 7.67. The standard InChI is InChI=1S/C7H10Cl3NO3S/c8-7(9,10)5-14-6(13)11-1-3-15-4-2-12/h2H,1,3-5H2,(H,11,13). The van der Waals surface area contributed by atoms with Crippen molar-refractivity contribution in [3.8, 4) is 0 Å². The van der Waals surface area contributed by atoms with Crippen molar-refractivity contribution in [1.29, 1.82) is 0 Å². The van der Waals surface area contributed by atoms with Gasteiger partial charge in [-0.3, -0.25) is 0 Å². The molecule has 0 fully saturated rings. The number of hydrogen-bond donors (Lipinski definition) is 1. The van der Waals surface area contributed by atoms with Gasteiger partial charge in [0.1, 0.15) is 12.9 Å². The number of rotatable bonds is 6. The molecule has 0 aliphatic carbocycles. The predicted octanol–water partition coefficient (Wildman–Crippen LogP) is 2.01. The van der Waals surface area contributed by atoms with E-state index in [1.165, 1.54) is 11.8 Å². The molecular weight excluding hydrogens is 285 g/mol. The molecule has 1 N–H and O–H groups in total. The number of carbonyl (C=O) groups is 2. The highest BCUT2D eigenvalue weighted by atomic mass is 35.6. The maximum absolute atomic E-state index is 10.9. The summed E-state index contributed by atoms with van der Waals surface area (Å²) in [5, 5.41) is 2.44. The lowest BCUT2D eigenvalue weighted by Gasteiger charge is -2.11. The van der Waals surface area contributed by atoms with Crippen molar-refractivity contribution >= 4 is 58.9 Å². The van der Waals surface area contributed by atoms with Gasteiger partial charge in [-0.2, -0.15) is 11.8 Å². The minimum Gasteiger partial charge on any atom is -0.445 e. The summed E-state index contributed by atoms with van der Waals surface area (Å²) < 4.78 is 2.99. The monoisotopic (exact) mass is 293 g/mol. The third kappa shape index (κ3) is 12.1. The minimum atomic E-state index is -1.59. The molecule has 0 unspecified atom stereocenters. The number of carbonyl (C=O) groups excluding carboxylic acids is 2. The fraction of sp³-hybridized carbons (Fsp3) is 0.714. The van der Waals surface area contributed by atoms with Crippen LogP contribution in [0.1, 0.15) is 0 Å². The molecule has 1 amide bonds. The van der Waals surface area contributed by atoms with Gasteiger partial charge >= 0.3 is 6.09 Å². The fourth-order valence-electron chi connectivity index (χ4n) is 0.555. The third-order valence-electron chi connectivity index (χ3n) is 1.07. The van der Waals surface area contributed by atoms with Gasteiger partial charge in [-0.1, -0.05) is 34.8 Å². The van der Waals surface area contributed by atoms with E-state index < -0.39 is 9.89 Å². The predicted molar refractivity (Wildman–Crippen MR) is 63.0 cm³/mol. The maximum atomic E-state index is 10.9. The van der Waals surface area contributed by atoms with E-state index in [1.807, 2.05) is 0 Å². The molecule has 8 heteroatoms. The number of halogens is 3. The van der Waals surface area contributed by atoms with Crippen molar-refractivity contribution in [1.82, 2.24) is 5.32 Å². The summed E-state index contributed by atoms with van der Waals surface area (Å²) >= 11 is 17.5. The summed E-state index contributed by atoms with van der Waals surface area (Å²) in [6, 6.07) is 0. The van der Waals surface area contributed by atoms with Crippen molar-refractivity contribution in [3.63, 3.8) is 0 Å². The van der Waals surface area contributed by atoms with Crippen molar-refractivity contribution in [2.45, 2.75) is 3.79 Å². The number of ether oxygens (including phenoxy) is 1. The number of thioether (sulfide) groups is 1. The van der Waals surface area contributed by atoms with Crippen LogP contribution in [0.5, 0.6) is 0 Å². The first kappa shape index (κ1) is 15.2. The molecule has 0 spiro atoms. The van der Waals surface area contributed by atoms with Crippen LogP contribution >= 0.6 is 46.6 Å². The average molecular weight is 295 g/mol. The quantitative estimate of drug-likeness (QED) is 0.462. The molecule has 88 valence electrons. The molecule has 0 aliphatic rings. The molecule has 0 aliphatic heterocycles. The van der Waals surface area contributed by atoms with Crippen LogP contribution in [0, 0.1) is 0 Å². The largest absolute Gasteiger partial charge is 0.445 e. The minimum absolute atomic E-state index is 0.301. The summed E-state index contributed by atoms with van der Waals surface area (Å²) in [4.78, 5) is 20.9. The van der Waals surface area contributed by atoms with E-state index in [9.17, 15) is 9.59 Å². The zero-order valence-corrected chi connectivity index (χ0v) is 10.8. The Bertz CT molecular complexity index is 210. The molecule has 15 heavy (non-hydrogen) atoms. The summed E-state index contributed by atoms with van der Waals surface area (Å²) in [6.45, 7) is 0.0994. The topological polar surface area (TPSA) is 55.4 Å². The van der Waals surface area contributed by atoms with Crippen molar-refractivity contribution < 1.29 is 14.3 Å². The van der Waals surface area contributed by atoms with Crippen LogP contribution < -0.4 is 5.32 Å². The zero-order chi connectivity index (χ0) is 11.7. The lowest BCUT2D eigenvalue weighted by atomic mass is 10.7. The number of nitrogens with one attached hydrogen (secondary N) is 1. The van der Waals surface area contributed by atoms with Crippen LogP contribution in [-0.2, 0) is 9.53 Å². The maximum Gasteiger partial charge on any atom is 0.407 e. The van der Waals surface area contributed by atoms with E-state index in [1.54, 1.807) is 0 Å². The van der Waals surface area contributed by atoms with Crippen LogP contribution in [0.25, 0.3) is 0 Å². The van der Waals surface area contributed by atoms with Crippen LogP contribution in [0.3, 0.4) is 0 Å². The SMILES string of the molecule is O=CCSCCNC(=O)OCC(Cl)(Cl)Cl. The van der Waals surface area contributed by atoms with E-state index in [0.717, 1.165) is 6.29 Å². The molecular formula is C7H10Cl3NO3S. The Morgan fingerprint density at radius 1 is 1.47 bits per heavy atom. The van der Waals surface area contributed by atoms with Crippen molar-refractivity contribution in [2.24, 2.45) is 0 Å². The number of hydrogen-bond acceptors (Lipinski definition) is 4. The van der Waals surface area contributed by atoms with E-state index in [4.69, 9.17) is 34.8 Å². The molecule has 0 heterocycles. The molecule has 0 aromatic carbocycles. The first-order valence-electron chi connectivity index (χ1n) is 3.94. The van der Waals surface area contributed by atoms with Crippen LogP contribution in [0.4, 0.5) is 4.79 Å². The van der Waals surface area contributed by atoms with Gasteiger partial charge in [0.25, 0.3) is 0 Å². The van der Waals surface area contributed by atoms with Gasteiger partial charge in [-0.25, -0.2) is 4.79 Å². The van der Waals surface area contributed by atoms with Crippen molar-refractivity contribution in [3.05, 3.63) is 0 Å². The first-order valence-corrected chi connectivity index (χ1v) is 6.23. The Morgan fingerprint density at radius 2 is 2.13 bits per heavy atom. The summed E-state index contributed by atoms with van der Waals surface area (Å²) in [5.41, 5.74) is 0. The Labute approximate surface area is 107 Å². The Balaban J connectivity index is 3.38. The van der Waals surface area contributed by atoms with Crippen molar-refractivity contribution in [2.75, 3.05) is 24.7 Å². The Hall–Kier alpha value is 0.160. The molecule has 0 bridgehead atoms. The number of alkyl halides is 3. The van der Waals surface area contributed by atoms with Crippen LogP contribution in [-0.4, -0.2) is 40.8 Å². The molecule has 0 aromatic heterocycles. The second-order valence-corrected chi connectivity index (χ2v) is 6.03. The van der Waals surface area contributed by atoms with E-state index >= 15 is 0 Å². The van der Waals surface area contributed by atoms with E-state index in [0.29, 0.717) is 18.1 Å². The highest BCUT2D eigenvalue weighted by Crippen LogP contribution is 2.25. The Morgan fingerprint density at radius 3 is 2.67 bits per heavy atom. The average Bonchev–Trinajstić information content (AvgIpc) is 2.13. The van der Waals surface area contributed by atoms with Crippen LogP contribution in [0.15, 0.2) is 0 Å². The highest BCUT2D eigenvalue weighted by Gasteiger charge is 2.21. The van der Waals surface area contributed by atoms with E-state index in [2.05, 4.69) is 10.1 Å². The van der Waals surface area contributed by atoms with Crippen LogP contribution in [0.2, 0.25) is 0 Å². The number of amides is 1. The lowest BCUT2D eigenvalue weighted by Crippen LogP contribution is -2.29. The molecule has 0 saturated heterocycles. The summed E-state index contributed by atoms with van der Waals surface area (Å²) in [5.74, 6) is 1.03. The van der Waals surface area contributed by atoms with Gasteiger partial charge in [0.15, 0.2) is 0 Å². The summed E-state index contributed by atoms with van der Waals surface area (Å²) in [7, 11) is 0. The summed E-state index contributed by atoms with van der Waals surface area (Å²) in [6.07, 6.45) is 0.152. The second-order valence-electron chi connectivity index (χ2n) is 2.36. The molecule has 0 atom stereocenters. The fourth-order valence-corrected chi connectivity index (χ4v) is 1.23. The van der Waals surface area contributed by atoms with Gasteiger partial charge in [0.05, 0.1) is 0 Å². The van der Waals surface area contributed by atoms with Gasteiger partial charge in [-0.05, 0) is 0 Å². The molecule has 4 nitrogen and oxygen atoms in total. The van der Waals surface area contributed by atoms with Gasteiger partial charge < -0.3 is 14.8 Å². The van der Waals surface area contributed by atoms with Gasteiger partial charge in [-0.15, -0.1) is 0 Å². The molecule has 0 saturated carbocycles. The molecule has 0 rings (SSSR count). The Kier molecular flexibility index (Phi) is 8.42. The third-order valence-corrected chi connectivity index (χ3v) is 2.26. The van der Waals surface area contributed by atoms with Gasteiger partial charge in [0.2, 0.25) is 3.79 Å². The number of alkyl carbamates (subject to hydrolysis) is 1. The second kappa shape index (κ2) is 8.33. The normalized spacial score (nSPS) is 10.9.